The minimum Gasteiger partial charge on any atom is -0.444 e. The first-order valence-electron chi connectivity index (χ1n) is 8.76. The molecule has 27 heavy (non-hydrogen) atoms. The van der Waals surface area contributed by atoms with E-state index in [9.17, 15) is 14.4 Å². The number of azide groups is 1. The molecular formula is C16H26N6O4S. The van der Waals surface area contributed by atoms with E-state index in [-0.39, 0.29) is 17.2 Å². The Morgan fingerprint density at radius 3 is 2.67 bits per heavy atom. The van der Waals surface area contributed by atoms with Crippen molar-refractivity contribution in [2.75, 3.05) is 13.1 Å². The van der Waals surface area contributed by atoms with Gasteiger partial charge in [-0.1, -0.05) is 5.11 Å². The highest BCUT2D eigenvalue weighted by Gasteiger charge is 2.64. The van der Waals surface area contributed by atoms with E-state index in [1.807, 2.05) is 13.8 Å². The topological polar surface area (TPSA) is 137 Å². The lowest BCUT2D eigenvalue weighted by molar-refractivity contribution is -0.153. The van der Waals surface area contributed by atoms with Gasteiger partial charge in [0.1, 0.15) is 23.1 Å². The summed E-state index contributed by atoms with van der Waals surface area (Å²) in [5.41, 5.74) is 7.60. The van der Waals surface area contributed by atoms with Gasteiger partial charge in [-0.05, 0) is 46.6 Å². The normalized spacial score (nSPS) is 25.7. The zero-order valence-electron chi connectivity index (χ0n) is 16.2. The van der Waals surface area contributed by atoms with E-state index in [0.717, 1.165) is 0 Å². The highest BCUT2D eigenvalue weighted by molar-refractivity contribution is 8.01. The van der Waals surface area contributed by atoms with E-state index in [0.29, 0.717) is 19.5 Å². The Balaban J connectivity index is 1.97. The van der Waals surface area contributed by atoms with Crippen LogP contribution in [0.4, 0.5) is 4.79 Å². The maximum atomic E-state index is 12.6. The molecule has 3 atom stereocenters. The lowest BCUT2D eigenvalue weighted by Gasteiger charge is -2.44. The Kier molecular flexibility index (Phi) is 6.16. The van der Waals surface area contributed by atoms with Crippen molar-refractivity contribution in [1.82, 2.24) is 15.5 Å². The van der Waals surface area contributed by atoms with Crippen LogP contribution in [0.2, 0.25) is 0 Å². The quantitative estimate of drug-likeness (QED) is 0.231. The molecule has 0 unspecified atom stereocenters. The molecule has 0 saturated carbocycles. The number of carbonyl (C=O) groups is 3. The fourth-order valence-electron chi connectivity index (χ4n) is 3.11. The third-order valence-electron chi connectivity index (χ3n) is 4.16. The van der Waals surface area contributed by atoms with Crippen LogP contribution in [0.5, 0.6) is 0 Å². The van der Waals surface area contributed by atoms with Crippen LogP contribution < -0.4 is 10.6 Å². The highest BCUT2D eigenvalue weighted by atomic mass is 32.2. The summed E-state index contributed by atoms with van der Waals surface area (Å²) in [6.45, 7) is 9.70. The van der Waals surface area contributed by atoms with Crippen LogP contribution in [0.25, 0.3) is 10.4 Å². The molecule has 11 heteroatoms. The highest BCUT2D eigenvalue weighted by Crippen LogP contribution is 2.50. The molecule has 2 heterocycles. The molecule has 0 spiro atoms. The van der Waals surface area contributed by atoms with E-state index in [1.165, 1.54) is 16.7 Å². The lowest BCUT2D eigenvalue weighted by atomic mass is 9.95. The lowest BCUT2D eigenvalue weighted by Crippen LogP contribution is -2.71. The molecule has 0 aromatic carbocycles. The molecule has 2 aliphatic rings. The molecule has 2 N–H and O–H groups in total. The molecule has 0 aliphatic carbocycles. The summed E-state index contributed by atoms with van der Waals surface area (Å²) < 4.78 is 4.71. The third-order valence-corrected chi connectivity index (χ3v) is 5.73. The summed E-state index contributed by atoms with van der Waals surface area (Å²) in [5.74, 6) is -0.543. The van der Waals surface area contributed by atoms with Gasteiger partial charge in [-0.15, -0.1) is 11.8 Å². The van der Waals surface area contributed by atoms with Crippen LogP contribution in [-0.2, 0) is 14.3 Å². The van der Waals surface area contributed by atoms with Gasteiger partial charge in [-0.25, -0.2) is 4.79 Å². The zero-order chi connectivity index (χ0) is 20.4. The summed E-state index contributed by atoms with van der Waals surface area (Å²) in [6, 6.07) is -1.33. The van der Waals surface area contributed by atoms with Crippen molar-refractivity contribution in [3.8, 4) is 0 Å². The molecule has 2 rings (SSSR count). The van der Waals surface area contributed by atoms with Crippen LogP contribution in [0.3, 0.4) is 0 Å². The Morgan fingerprint density at radius 2 is 2.07 bits per heavy atom. The molecule has 10 nitrogen and oxygen atoms in total. The number of alkyl carbamates (subject to hydrolysis) is 1. The zero-order valence-corrected chi connectivity index (χ0v) is 17.0. The third kappa shape index (κ3) is 4.78. The Morgan fingerprint density at radius 1 is 1.41 bits per heavy atom. The molecule has 2 fully saturated rings. The molecule has 2 aliphatic heterocycles. The summed E-state index contributed by atoms with van der Waals surface area (Å²) in [4.78, 5) is 41.3. The van der Waals surface area contributed by atoms with Crippen LogP contribution in [0.15, 0.2) is 5.11 Å². The van der Waals surface area contributed by atoms with Gasteiger partial charge in [0.2, 0.25) is 11.8 Å². The van der Waals surface area contributed by atoms with Crippen molar-refractivity contribution in [2.45, 2.75) is 68.8 Å². The number of thioether (sulfide) groups is 1. The standard InChI is InChI=1S/C16H26N6O4S/c1-15(2,3)26-14(25)20-9-12(24)22-10(16(4,5)27-13(9)22)11(23)18-7-6-8-19-21-17/h9-10,13H,6-8H2,1-5H3,(H,18,23)(H,20,25)/t9-,10+,13-/m1/s1. The molecular weight excluding hydrogens is 372 g/mol. The number of carbonyl (C=O) groups excluding carboxylic acids is 3. The molecule has 0 aromatic rings. The second-order valence-electron chi connectivity index (χ2n) is 7.98. The summed E-state index contributed by atoms with van der Waals surface area (Å²) in [7, 11) is 0. The van der Waals surface area contributed by atoms with Crippen LogP contribution in [-0.4, -0.2) is 63.7 Å². The number of rotatable bonds is 6. The molecule has 150 valence electrons. The first kappa shape index (κ1) is 21.2. The smallest absolute Gasteiger partial charge is 0.408 e. The predicted molar refractivity (Wildman–Crippen MR) is 101 cm³/mol. The van der Waals surface area contributed by atoms with Gasteiger partial charge in [0, 0.05) is 22.7 Å². The fraction of sp³-hybridized carbons (Fsp3) is 0.812. The molecule has 0 bridgehead atoms. The van der Waals surface area contributed by atoms with Gasteiger partial charge < -0.3 is 20.3 Å². The average Bonchev–Trinajstić information content (AvgIpc) is 2.79. The van der Waals surface area contributed by atoms with E-state index in [2.05, 4.69) is 20.7 Å². The van der Waals surface area contributed by atoms with Crippen molar-refractivity contribution in [2.24, 2.45) is 5.11 Å². The van der Waals surface area contributed by atoms with Crippen molar-refractivity contribution in [1.29, 1.82) is 0 Å². The molecule has 0 radical (unpaired) electrons. The number of β-lactam (4-membered cyclic amide) rings is 1. The van der Waals surface area contributed by atoms with Gasteiger partial charge in [-0.3, -0.25) is 9.59 Å². The number of hydrogen-bond acceptors (Lipinski definition) is 6. The minimum absolute atomic E-state index is 0.250. The first-order valence-corrected chi connectivity index (χ1v) is 9.64. The van der Waals surface area contributed by atoms with Crippen LogP contribution >= 0.6 is 11.8 Å². The number of amides is 3. The number of ether oxygens (including phenoxy) is 1. The van der Waals surface area contributed by atoms with E-state index in [1.54, 1.807) is 20.8 Å². The Bertz CT molecular complexity index is 670. The average molecular weight is 398 g/mol. The summed E-state index contributed by atoms with van der Waals surface area (Å²) in [5, 5.41) is 8.51. The van der Waals surface area contributed by atoms with Gasteiger partial charge in [0.25, 0.3) is 0 Å². The second kappa shape index (κ2) is 7.85. The maximum absolute atomic E-state index is 12.6. The number of hydrogen-bond donors (Lipinski definition) is 2. The van der Waals surface area contributed by atoms with E-state index in [4.69, 9.17) is 10.3 Å². The molecule has 0 aromatic heterocycles. The fourth-order valence-corrected chi connectivity index (χ4v) is 4.74. The predicted octanol–water partition coefficient (Wildman–Crippen LogP) is 1.76. The monoisotopic (exact) mass is 398 g/mol. The Labute approximate surface area is 162 Å². The number of nitrogens with one attached hydrogen (secondary N) is 2. The second-order valence-corrected chi connectivity index (χ2v) is 9.75. The Hall–Kier alpha value is -2.13. The van der Waals surface area contributed by atoms with Gasteiger partial charge in [0.15, 0.2) is 0 Å². The SMILES string of the molecule is CC(C)(C)OC(=O)N[C@@H]1C(=O)N2[C@@H]1SC(C)(C)[C@@H]2C(=O)NCCCN=[N+]=[N-]. The summed E-state index contributed by atoms with van der Waals surface area (Å²) >= 11 is 1.48. The van der Waals surface area contributed by atoms with Gasteiger partial charge >= 0.3 is 6.09 Å². The number of fused-ring (bicyclic) bond motifs is 1. The van der Waals surface area contributed by atoms with Crippen LogP contribution in [0, 0.1) is 0 Å². The minimum atomic E-state index is -0.702. The molecule has 3 amide bonds. The largest absolute Gasteiger partial charge is 0.444 e. The van der Waals surface area contributed by atoms with Crippen molar-refractivity contribution in [3.63, 3.8) is 0 Å². The number of nitrogens with zero attached hydrogens (tertiary/aromatic N) is 4. The molecule has 2 saturated heterocycles. The van der Waals surface area contributed by atoms with E-state index >= 15 is 0 Å². The first-order chi connectivity index (χ1) is 12.5. The summed E-state index contributed by atoms with van der Waals surface area (Å²) in [6.07, 6.45) is -0.124. The van der Waals surface area contributed by atoms with Gasteiger partial charge in [0.05, 0.1) is 0 Å². The van der Waals surface area contributed by atoms with Crippen molar-refractivity contribution >= 4 is 29.7 Å². The van der Waals surface area contributed by atoms with E-state index < -0.39 is 28.5 Å². The maximum Gasteiger partial charge on any atom is 0.408 e. The van der Waals surface area contributed by atoms with Crippen molar-refractivity contribution < 1.29 is 19.1 Å². The van der Waals surface area contributed by atoms with Gasteiger partial charge in [-0.2, -0.15) is 0 Å². The van der Waals surface area contributed by atoms with Crippen LogP contribution in [0.1, 0.15) is 41.0 Å². The van der Waals surface area contributed by atoms with Crippen molar-refractivity contribution in [3.05, 3.63) is 10.4 Å².